The standard InChI is InChI=1S/C22H37N5/c1-4-23-22(24-16-21(26(2)3)18-10-6-5-7-11-18)25-19-14-15-27(17-19)20-12-8-9-13-20/h5-7,10-11,19-21H,4,8-9,12-17H2,1-3H3,(H2,23,24,25). The van der Waals surface area contributed by atoms with E-state index in [2.05, 4.69) is 71.8 Å². The van der Waals surface area contributed by atoms with Gasteiger partial charge in [0.25, 0.3) is 0 Å². The molecular formula is C22H37N5. The van der Waals surface area contributed by atoms with Crippen LogP contribution in [0.3, 0.4) is 0 Å². The zero-order valence-electron chi connectivity index (χ0n) is 17.3. The van der Waals surface area contributed by atoms with Crippen LogP contribution in [0.4, 0.5) is 0 Å². The summed E-state index contributed by atoms with van der Waals surface area (Å²) in [5, 5.41) is 7.14. The molecule has 1 aromatic rings. The second-order valence-electron chi connectivity index (χ2n) is 8.17. The number of rotatable bonds is 7. The largest absolute Gasteiger partial charge is 0.357 e. The normalized spacial score (nSPS) is 23.1. The van der Waals surface area contributed by atoms with Crippen molar-refractivity contribution in [2.45, 2.75) is 57.2 Å². The Hall–Kier alpha value is -1.59. The average Bonchev–Trinajstić information content (AvgIpc) is 3.34. The van der Waals surface area contributed by atoms with Crippen molar-refractivity contribution < 1.29 is 0 Å². The topological polar surface area (TPSA) is 42.9 Å². The van der Waals surface area contributed by atoms with E-state index in [-0.39, 0.29) is 0 Å². The van der Waals surface area contributed by atoms with Crippen molar-refractivity contribution >= 4 is 5.96 Å². The van der Waals surface area contributed by atoms with Gasteiger partial charge in [0.2, 0.25) is 0 Å². The number of nitrogens with zero attached hydrogens (tertiary/aromatic N) is 3. The molecule has 0 radical (unpaired) electrons. The van der Waals surface area contributed by atoms with E-state index in [0.717, 1.165) is 31.6 Å². The first-order valence-corrected chi connectivity index (χ1v) is 10.7. The zero-order valence-corrected chi connectivity index (χ0v) is 17.3. The molecule has 1 aliphatic heterocycles. The molecule has 2 N–H and O–H groups in total. The van der Waals surface area contributed by atoms with Crippen molar-refractivity contribution in [3.63, 3.8) is 0 Å². The molecule has 27 heavy (non-hydrogen) atoms. The molecule has 5 nitrogen and oxygen atoms in total. The van der Waals surface area contributed by atoms with Gasteiger partial charge in [0.05, 0.1) is 12.6 Å². The molecule has 1 aromatic carbocycles. The third-order valence-electron chi connectivity index (χ3n) is 5.98. The summed E-state index contributed by atoms with van der Waals surface area (Å²) in [4.78, 5) is 9.88. The lowest BCUT2D eigenvalue weighted by molar-refractivity contribution is 0.242. The molecule has 0 aromatic heterocycles. The highest BCUT2D eigenvalue weighted by atomic mass is 15.3. The first-order valence-electron chi connectivity index (χ1n) is 10.7. The van der Waals surface area contributed by atoms with Gasteiger partial charge >= 0.3 is 0 Å². The van der Waals surface area contributed by atoms with E-state index in [1.807, 2.05) is 0 Å². The Labute approximate surface area is 165 Å². The van der Waals surface area contributed by atoms with Crippen LogP contribution in [0, 0.1) is 0 Å². The van der Waals surface area contributed by atoms with E-state index in [4.69, 9.17) is 4.99 Å². The van der Waals surface area contributed by atoms with Gasteiger partial charge < -0.3 is 15.5 Å². The summed E-state index contributed by atoms with van der Waals surface area (Å²) in [6, 6.07) is 12.3. The molecule has 1 saturated carbocycles. The van der Waals surface area contributed by atoms with Crippen molar-refractivity contribution in [1.29, 1.82) is 0 Å². The first kappa shape index (κ1) is 20.2. The van der Waals surface area contributed by atoms with E-state index in [0.29, 0.717) is 12.1 Å². The van der Waals surface area contributed by atoms with Gasteiger partial charge in [-0.05, 0) is 45.8 Å². The fourth-order valence-corrected chi connectivity index (χ4v) is 4.44. The Kier molecular flexibility index (Phi) is 7.53. The predicted molar refractivity (Wildman–Crippen MR) is 114 cm³/mol. The highest BCUT2D eigenvalue weighted by molar-refractivity contribution is 5.80. The number of likely N-dealkylation sites (tertiary alicyclic amines) is 1. The van der Waals surface area contributed by atoms with Crippen LogP contribution in [0.1, 0.15) is 50.6 Å². The summed E-state index contributed by atoms with van der Waals surface area (Å²) in [7, 11) is 4.26. The van der Waals surface area contributed by atoms with Crippen molar-refractivity contribution in [2.24, 2.45) is 4.99 Å². The molecule has 2 unspecified atom stereocenters. The number of guanidine groups is 1. The average molecular weight is 372 g/mol. The lowest BCUT2D eigenvalue weighted by Crippen LogP contribution is -2.45. The molecule has 0 amide bonds. The highest BCUT2D eigenvalue weighted by Gasteiger charge is 2.30. The van der Waals surface area contributed by atoms with Crippen LogP contribution in [0.2, 0.25) is 0 Å². The highest BCUT2D eigenvalue weighted by Crippen LogP contribution is 2.26. The van der Waals surface area contributed by atoms with Crippen molar-refractivity contribution in [2.75, 3.05) is 40.3 Å². The summed E-state index contributed by atoms with van der Waals surface area (Å²) < 4.78 is 0. The third-order valence-corrected chi connectivity index (χ3v) is 5.98. The van der Waals surface area contributed by atoms with Gasteiger partial charge in [-0.2, -0.15) is 0 Å². The van der Waals surface area contributed by atoms with Crippen LogP contribution in [-0.2, 0) is 0 Å². The van der Waals surface area contributed by atoms with Crippen LogP contribution < -0.4 is 10.6 Å². The zero-order chi connectivity index (χ0) is 19.1. The molecule has 2 fully saturated rings. The van der Waals surface area contributed by atoms with Crippen molar-refractivity contribution in [3.05, 3.63) is 35.9 Å². The van der Waals surface area contributed by atoms with E-state index in [1.165, 1.54) is 44.2 Å². The SMILES string of the molecule is CCNC(=NCC(c1ccccc1)N(C)C)NC1CCN(C2CCCC2)C1. The fraction of sp³-hybridized carbons (Fsp3) is 0.682. The predicted octanol–water partition coefficient (Wildman–Crippen LogP) is 2.86. The molecule has 1 aliphatic carbocycles. The Morgan fingerprint density at radius 2 is 1.93 bits per heavy atom. The Morgan fingerprint density at radius 3 is 2.59 bits per heavy atom. The van der Waals surface area contributed by atoms with E-state index >= 15 is 0 Å². The van der Waals surface area contributed by atoms with Gasteiger partial charge in [0.15, 0.2) is 5.96 Å². The first-order chi connectivity index (χ1) is 13.2. The van der Waals surface area contributed by atoms with Crippen LogP contribution in [0.15, 0.2) is 35.3 Å². The molecule has 3 rings (SSSR count). The van der Waals surface area contributed by atoms with Crippen molar-refractivity contribution in [3.8, 4) is 0 Å². The molecule has 1 saturated heterocycles. The Bertz CT molecular complexity index is 580. The second-order valence-corrected chi connectivity index (χ2v) is 8.17. The molecule has 150 valence electrons. The lowest BCUT2D eigenvalue weighted by Gasteiger charge is -2.25. The smallest absolute Gasteiger partial charge is 0.191 e. The van der Waals surface area contributed by atoms with Gasteiger partial charge in [-0.3, -0.25) is 9.89 Å². The molecule has 1 heterocycles. The van der Waals surface area contributed by atoms with Gasteiger partial charge in [0.1, 0.15) is 0 Å². The second kappa shape index (κ2) is 10.1. The number of nitrogens with one attached hydrogen (secondary N) is 2. The van der Waals surface area contributed by atoms with Gasteiger partial charge in [-0.25, -0.2) is 0 Å². The summed E-state index contributed by atoms with van der Waals surface area (Å²) in [5.41, 5.74) is 1.32. The van der Waals surface area contributed by atoms with E-state index in [1.54, 1.807) is 0 Å². The van der Waals surface area contributed by atoms with E-state index < -0.39 is 0 Å². The number of aliphatic imine (C=N–C) groups is 1. The molecule has 2 atom stereocenters. The number of likely N-dealkylation sites (N-methyl/N-ethyl adjacent to an activating group) is 1. The number of hydrogen-bond acceptors (Lipinski definition) is 3. The van der Waals surface area contributed by atoms with Crippen LogP contribution in [-0.4, -0.2) is 68.1 Å². The summed E-state index contributed by atoms with van der Waals surface area (Å²) >= 11 is 0. The molecule has 0 bridgehead atoms. The summed E-state index contributed by atoms with van der Waals surface area (Å²) in [6.45, 7) is 6.17. The third kappa shape index (κ3) is 5.69. The molecule has 0 spiro atoms. The number of hydrogen-bond donors (Lipinski definition) is 2. The Balaban J connectivity index is 1.59. The van der Waals surface area contributed by atoms with Gasteiger partial charge in [0, 0.05) is 31.7 Å². The number of benzene rings is 1. The minimum absolute atomic E-state index is 0.292. The van der Waals surface area contributed by atoms with Crippen LogP contribution in [0.5, 0.6) is 0 Å². The van der Waals surface area contributed by atoms with E-state index in [9.17, 15) is 0 Å². The van der Waals surface area contributed by atoms with Crippen LogP contribution >= 0.6 is 0 Å². The Morgan fingerprint density at radius 1 is 1.19 bits per heavy atom. The van der Waals surface area contributed by atoms with Crippen LogP contribution in [0.25, 0.3) is 0 Å². The monoisotopic (exact) mass is 371 g/mol. The minimum atomic E-state index is 0.292. The molecule has 2 aliphatic rings. The van der Waals surface area contributed by atoms with Gasteiger partial charge in [-0.15, -0.1) is 0 Å². The maximum Gasteiger partial charge on any atom is 0.191 e. The maximum atomic E-state index is 4.93. The van der Waals surface area contributed by atoms with Gasteiger partial charge in [-0.1, -0.05) is 43.2 Å². The molecular weight excluding hydrogens is 334 g/mol. The minimum Gasteiger partial charge on any atom is -0.357 e. The maximum absolute atomic E-state index is 4.93. The molecule has 5 heteroatoms. The summed E-state index contributed by atoms with van der Waals surface area (Å²) in [5.74, 6) is 0.957. The summed E-state index contributed by atoms with van der Waals surface area (Å²) in [6.07, 6.45) is 6.82. The fourth-order valence-electron chi connectivity index (χ4n) is 4.44. The lowest BCUT2D eigenvalue weighted by atomic mass is 10.1. The van der Waals surface area contributed by atoms with Crippen molar-refractivity contribution in [1.82, 2.24) is 20.4 Å². The quantitative estimate of drug-likeness (QED) is 0.571.